The summed E-state index contributed by atoms with van der Waals surface area (Å²) < 4.78 is 5.49. The number of aromatic nitrogens is 1. The van der Waals surface area contributed by atoms with Gasteiger partial charge in [0.25, 0.3) is 11.7 Å². The van der Waals surface area contributed by atoms with Crippen LogP contribution >= 0.6 is 0 Å². The highest BCUT2D eigenvalue weighted by atomic mass is 16.6. The van der Waals surface area contributed by atoms with Gasteiger partial charge >= 0.3 is 0 Å². The molecule has 110 valence electrons. The van der Waals surface area contributed by atoms with Crippen molar-refractivity contribution in [2.75, 3.05) is 25.0 Å². The molecule has 1 aliphatic rings. The second-order valence-electron chi connectivity index (χ2n) is 4.89. The summed E-state index contributed by atoms with van der Waals surface area (Å²) in [6, 6.07) is 5.02. The Morgan fingerprint density at radius 2 is 2.38 bits per heavy atom. The van der Waals surface area contributed by atoms with Gasteiger partial charge < -0.3 is 15.1 Å². The quantitative estimate of drug-likeness (QED) is 0.498. The molecular formula is C14H16N4O3. The maximum Gasteiger partial charge on any atom is 0.298 e. The Labute approximate surface area is 121 Å². The lowest BCUT2D eigenvalue weighted by atomic mass is 10.1. The summed E-state index contributed by atoms with van der Waals surface area (Å²) in [6.45, 7) is 2.64. The van der Waals surface area contributed by atoms with Crippen molar-refractivity contribution in [1.29, 1.82) is 0 Å². The molecule has 7 heteroatoms. The van der Waals surface area contributed by atoms with Crippen molar-refractivity contribution < 1.29 is 9.34 Å². The van der Waals surface area contributed by atoms with E-state index in [1.54, 1.807) is 12.1 Å². The summed E-state index contributed by atoms with van der Waals surface area (Å²) in [5.41, 5.74) is 2.08. The SMILES string of the molecule is O=[N+]([O-])c1cccc2oc(NCCC3=CCNCC3)nc12. The Morgan fingerprint density at radius 3 is 3.14 bits per heavy atom. The summed E-state index contributed by atoms with van der Waals surface area (Å²) in [7, 11) is 0. The molecule has 0 spiro atoms. The van der Waals surface area contributed by atoms with Gasteiger partial charge in [0.1, 0.15) is 0 Å². The first-order valence-corrected chi connectivity index (χ1v) is 6.90. The van der Waals surface area contributed by atoms with E-state index in [4.69, 9.17) is 4.42 Å². The van der Waals surface area contributed by atoms with Gasteiger partial charge in [-0.25, -0.2) is 0 Å². The Bertz CT molecular complexity index is 693. The van der Waals surface area contributed by atoms with Gasteiger partial charge in [-0.3, -0.25) is 10.1 Å². The first-order chi connectivity index (χ1) is 10.2. The lowest BCUT2D eigenvalue weighted by Gasteiger charge is -2.13. The van der Waals surface area contributed by atoms with Crippen LogP contribution in [0.15, 0.2) is 34.3 Å². The molecule has 0 bridgehead atoms. The fourth-order valence-electron chi connectivity index (χ4n) is 2.38. The first kappa shape index (κ1) is 13.6. The maximum absolute atomic E-state index is 10.9. The summed E-state index contributed by atoms with van der Waals surface area (Å²) in [5, 5.41) is 17.3. The molecule has 21 heavy (non-hydrogen) atoms. The lowest BCUT2D eigenvalue weighted by Crippen LogP contribution is -2.21. The summed E-state index contributed by atoms with van der Waals surface area (Å²) in [5.74, 6) is 0. The Morgan fingerprint density at radius 1 is 1.48 bits per heavy atom. The van der Waals surface area contributed by atoms with E-state index in [0.717, 1.165) is 25.9 Å². The third kappa shape index (κ3) is 3.03. The number of nitrogens with zero attached hydrogens (tertiary/aromatic N) is 2. The molecule has 0 saturated carbocycles. The van der Waals surface area contributed by atoms with Crippen molar-refractivity contribution in [1.82, 2.24) is 10.3 Å². The highest BCUT2D eigenvalue weighted by molar-refractivity contribution is 5.83. The van der Waals surface area contributed by atoms with Gasteiger partial charge in [-0.1, -0.05) is 17.7 Å². The number of para-hydroxylation sites is 1. The van der Waals surface area contributed by atoms with Gasteiger partial charge in [0, 0.05) is 19.2 Å². The molecule has 0 unspecified atom stereocenters. The molecule has 0 fully saturated rings. The topological polar surface area (TPSA) is 93.2 Å². The van der Waals surface area contributed by atoms with E-state index in [9.17, 15) is 10.1 Å². The van der Waals surface area contributed by atoms with E-state index in [-0.39, 0.29) is 11.2 Å². The zero-order chi connectivity index (χ0) is 14.7. The minimum Gasteiger partial charge on any atom is -0.423 e. The predicted octanol–water partition coefficient (Wildman–Crippen LogP) is 2.46. The molecule has 7 nitrogen and oxygen atoms in total. The number of benzene rings is 1. The minimum atomic E-state index is -0.450. The average Bonchev–Trinajstić information content (AvgIpc) is 2.90. The fourth-order valence-corrected chi connectivity index (χ4v) is 2.38. The van der Waals surface area contributed by atoms with Gasteiger partial charge in [0.15, 0.2) is 11.1 Å². The molecule has 1 aromatic carbocycles. The zero-order valence-corrected chi connectivity index (χ0v) is 11.5. The number of hydrogen-bond donors (Lipinski definition) is 2. The molecular weight excluding hydrogens is 272 g/mol. The second kappa shape index (κ2) is 5.92. The zero-order valence-electron chi connectivity index (χ0n) is 11.5. The van der Waals surface area contributed by atoms with Gasteiger partial charge in [-0.2, -0.15) is 4.98 Å². The normalized spacial score (nSPS) is 15.0. The van der Waals surface area contributed by atoms with Crippen LogP contribution in [0.5, 0.6) is 0 Å². The number of oxazole rings is 1. The number of nitro groups is 1. The van der Waals surface area contributed by atoms with Crippen LogP contribution < -0.4 is 10.6 Å². The number of fused-ring (bicyclic) bond motifs is 1. The van der Waals surface area contributed by atoms with Crippen molar-refractivity contribution in [2.45, 2.75) is 12.8 Å². The predicted molar refractivity (Wildman–Crippen MR) is 79.3 cm³/mol. The van der Waals surface area contributed by atoms with Crippen molar-refractivity contribution in [3.05, 3.63) is 40.0 Å². The maximum atomic E-state index is 10.9. The van der Waals surface area contributed by atoms with E-state index in [1.807, 2.05) is 0 Å². The molecule has 2 aromatic rings. The molecule has 1 aromatic heterocycles. The number of nitrogens with one attached hydrogen (secondary N) is 2. The average molecular weight is 288 g/mol. The van der Waals surface area contributed by atoms with Crippen molar-refractivity contribution >= 4 is 22.8 Å². The summed E-state index contributed by atoms with van der Waals surface area (Å²) >= 11 is 0. The third-order valence-electron chi connectivity index (χ3n) is 3.47. The summed E-state index contributed by atoms with van der Waals surface area (Å²) in [6.07, 6.45) is 4.17. The Kier molecular flexibility index (Phi) is 3.83. The molecule has 0 radical (unpaired) electrons. The minimum absolute atomic E-state index is 0.0367. The van der Waals surface area contributed by atoms with E-state index >= 15 is 0 Å². The number of rotatable bonds is 5. The highest BCUT2D eigenvalue weighted by Gasteiger charge is 2.17. The standard InChI is InChI=1S/C14H16N4O3/c19-18(20)11-2-1-3-12-13(11)17-14(21-12)16-9-6-10-4-7-15-8-5-10/h1-4,15H,5-9H2,(H,16,17). The van der Waals surface area contributed by atoms with E-state index in [2.05, 4.69) is 21.7 Å². The van der Waals surface area contributed by atoms with E-state index in [0.29, 0.717) is 18.1 Å². The van der Waals surface area contributed by atoms with Crippen LogP contribution in [0.2, 0.25) is 0 Å². The number of nitro benzene ring substituents is 1. The van der Waals surface area contributed by atoms with Gasteiger partial charge in [0.05, 0.1) is 4.92 Å². The Balaban J connectivity index is 1.68. The Hall–Kier alpha value is -2.41. The number of hydrogen-bond acceptors (Lipinski definition) is 6. The van der Waals surface area contributed by atoms with Crippen LogP contribution in [0.25, 0.3) is 11.1 Å². The highest BCUT2D eigenvalue weighted by Crippen LogP contribution is 2.27. The molecule has 2 N–H and O–H groups in total. The van der Waals surface area contributed by atoms with Gasteiger partial charge in [0.2, 0.25) is 0 Å². The molecule has 0 aliphatic carbocycles. The number of non-ortho nitro benzene ring substituents is 1. The molecule has 2 heterocycles. The molecule has 1 aliphatic heterocycles. The first-order valence-electron chi connectivity index (χ1n) is 6.90. The van der Waals surface area contributed by atoms with Crippen LogP contribution in [0.4, 0.5) is 11.7 Å². The number of anilines is 1. The van der Waals surface area contributed by atoms with Gasteiger partial charge in [-0.15, -0.1) is 0 Å². The van der Waals surface area contributed by atoms with Crippen molar-refractivity contribution in [2.24, 2.45) is 0 Å². The van der Waals surface area contributed by atoms with E-state index in [1.165, 1.54) is 11.6 Å². The van der Waals surface area contributed by atoms with Crippen molar-refractivity contribution in [3.8, 4) is 0 Å². The largest absolute Gasteiger partial charge is 0.423 e. The molecule has 0 saturated heterocycles. The second-order valence-corrected chi connectivity index (χ2v) is 4.89. The molecule has 0 amide bonds. The third-order valence-corrected chi connectivity index (χ3v) is 3.47. The van der Waals surface area contributed by atoms with Crippen molar-refractivity contribution in [3.63, 3.8) is 0 Å². The smallest absolute Gasteiger partial charge is 0.298 e. The van der Waals surface area contributed by atoms with Crippen LogP contribution in [0.1, 0.15) is 12.8 Å². The van der Waals surface area contributed by atoms with E-state index < -0.39 is 4.92 Å². The van der Waals surface area contributed by atoms with Gasteiger partial charge in [-0.05, 0) is 25.5 Å². The van der Waals surface area contributed by atoms with Crippen LogP contribution in [0, 0.1) is 10.1 Å². The van der Waals surface area contributed by atoms with Crippen LogP contribution in [-0.4, -0.2) is 29.5 Å². The van der Waals surface area contributed by atoms with Crippen LogP contribution in [0.3, 0.4) is 0 Å². The lowest BCUT2D eigenvalue weighted by molar-refractivity contribution is -0.383. The summed E-state index contributed by atoms with van der Waals surface area (Å²) in [4.78, 5) is 14.7. The van der Waals surface area contributed by atoms with Crippen LogP contribution in [-0.2, 0) is 0 Å². The molecule has 0 atom stereocenters. The monoisotopic (exact) mass is 288 g/mol. The fraction of sp³-hybridized carbons (Fsp3) is 0.357. The molecule has 3 rings (SSSR count).